The number of guanidine groups is 1. The molecule has 0 aromatic carbocycles. The highest BCUT2D eigenvalue weighted by molar-refractivity contribution is 5.79. The molecule has 2 aliphatic rings. The Balaban J connectivity index is 1.63. The molecule has 2 saturated heterocycles. The van der Waals surface area contributed by atoms with E-state index in [1.165, 1.54) is 6.42 Å². The number of hydrogen-bond donors (Lipinski definition) is 2. The van der Waals surface area contributed by atoms with Gasteiger partial charge in [-0.05, 0) is 31.1 Å². The van der Waals surface area contributed by atoms with Gasteiger partial charge in [0.15, 0.2) is 5.96 Å². The van der Waals surface area contributed by atoms with E-state index in [0.29, 0.717) is 12.0 Å². The number of nitrogens with zero attached hydrogens (tertiary/aromatic N) is 1. The van der Waals surface area contributed by atoms with Crippen LogP contribution in [-0.2, 0) is 14.2 Å². The third-order valence-electron chi connectivity index (χ3n) is 4.91. The lowest BCUT2D eigenvalue weighted by Gasteiger charge is -2.40. The van der Waals surface area contributed by atoms with E-state index >= 15 is 0 Å². The predicted molar refractivity (Wildman–Crippen MR) is 101 cm³/mol. The topological polar surface area (TPSA) is 64.1 Å². The SMILES string of the molecule is CN=C(NCCCOC1CCOC1)NCC1CCCOC1C(C)(C)C. The highest BCUT2D eigenvalue weighted by atomic mass is 16.5. The number of nitrogens with one attached hydrogen (secondary N) is 2. The summed E-state index contributed by atoms with van der Waals surface area (Å²) in [6.45, 7) is 11.8. The van der Waals surface area contributed by atoms with Crippen LogP contribution in [0.15, 0.2) is 4.99 Å². The molecule has 0 saturated carbocycles. The monoisotopic (exact) mass is 355 g/mol. The first-order valence-corrected chi connectivity index (χ1v) is 9.76. The van der Waals surface area contributed by atoms with E-state index in [2.05, 4.69) is 36.4 Å². The minimum absolute atomic E-state index is 0.172. The molecule has 3 atom stereocenters. The lowest BCUT2D eigenvalue weighted by atomic mass is 9.78. The van der Waals surface area contributed by atoms with E-state index in [-0.39, 0.29) is 11.5 Å². The second-order valence-corrected chi connectivity index (χ2v) is 8.15. The van der Waals surface area contributed by atoms with Crippen molar-refractivity contribution in [1.29, 1.82) is 0 Å². The predicted octanol–water partition coefficient (Wildman–Crippen LogP) is 2.19. The number of hydrogen-bond acceptors (Lipinski definition) is 4. The van der Waals surface area contributed by atoms with Crippen LogP contribution in [0.3, 0.4) is 0 Å². The van der Waals surface area contributed by atoms with Crippen molar-refractivity contribution in [2.24, 2.45) is 16.3 Å². The van der Waals surface area contributed by atoms with Gasteiger partial charge in [0.1, 0.15) is 0 Å². The van der Waals surface area contributed by atoms with Crippen LogP contribution < -0.4 is 10.6 Å². The summed E-state index contributed by atoms with van der Waals surface area (Å²) in [6.07, 6.45) is 4.94. The fourth-order valence-electron chi connectivity index (χ4n) is 3.63. The molecule has 25 heavy (non-hydrogen) atoms. The lowest BCUT2D eigenvalue weighted by molar-refractivity contribution is -0.0835. The van der Waals surface area contributed by atoms with Crippen molar-refractivity contribution in [3.8, 4) is 0 Å². The Morgan fingerprint density at radius 1 is 1.20 bits per heavy atom. The van der Waals surface area contributed by atoms with Crippen LogP contribution in [0.4, 0.5) is 0 Å². The van der Waals surface area contributed by atoms with Gasteiger partial charge < -0.3 is 24.8 Å². The van der Waals surface area contributed by atoms with E-state index in [4.69, 9.17) is 14.2 Å². The molecule has 3 unspecified atom stereocenters. The zero-order valence-electron chi connectivity index (χ0n) is 16.5. The molecule has 0 aromatic rings. The van der Waals surface area contributed by atoms with Crippen LogP contribution in [0.5, 0.6) is 0 Å². The van der Waals surface area contributed by atoms with E-state index in [1.54, 1.807) is 0 Å². The minimum Gasteiger partial charge on any atom is -0.379 e. The summed E-state index contributed by atoms with van der Waals surface area (Å²) in [5.74, 6) is 1.39. The summed E-state index contributed by atoms with van der Waals surface area (Å²) < 4.78 is 17.2. The zero-order chi connectivity index (χ0) is 18.1. The first-order chi connectivity index (χ1) is 12.0. The van der Waals surface area contributed by atoms with Crippen molar-refractivity contribution < 1.29 is 14.2 Å². The molecular weight excluding hydrogens is 318 g/mol. The van der Waals surface area contributed by atoms with Gasteiger partial charge in [0.2, 0.25) is 0 Å². The summed E-state index contributed by atoms with van der Waals surface area (Å²) >= 11 is 0. The number of aliphatic imine (C=N–C) groups is 1. The fraction of sp³-hybridized carbons (Fsp3) is 0.947. The summed E-state index contributed by atoms with van der Waals surface area (Å²) in [5, 5.41) is 6.85. The summed E-state index contributed by atoms with van der Waals surface area (Å²) in [5.41, 5.74) is 0.172. The molecular formula is C19H37N3O3. The first kappa shape index (κ1) is 20.5. The molecule has 2 fully saturated rings. The fourth-order valence-corrected chi connectivity index (χ4v) is 3.63. The van der Waals surface area contributed by atoms with Gasteiger partial charge in [-0.3, -0.25) is 4.99 Å². The maximum Gasteiger partial charge on any atom is 0.190 e. The molecule has 2 N–H and O–H groups in total. The van der Waals surface area contributed by atoms with E-state index in [1.807, 2.05) is 7.05 Å². The molecule has 6 nitrogen and oxygen atoms in total. The van der Waals surface area contributed by atoms with Crippen LogP contribution in [-0.4, -0.2) is 64.7 Å². The first-order valence-electron chi connectivity index (χ1n) is 9.76. The molecule has 146 valence electrons. The van der Waals surface area contributed by atoms with Gasteiger partial charge in [-0.25, -0.2) is 0 Å². The van der Waals surface area contributed by atoms with Crippen LogP contribution in [0.25, 0.3) is 0 Å². The maximum absolute atomic E-state index is 6.06. The minimum atomic E-state index is 0.172. The van der Waals surface area contributed by atoms with E-state index in [0.717, 1.165) is 64.7 Å². The molecule has 2 heterocycles. The van der Waals surface area contributed by atoms with Crippen molar-refractivity contribution in [3.05, 3.63) is 0 Å². The Hall–Kier alpha value is -0.850. The molecule has 0 bridgehead atoms. The summed E-state index contributed by atoms with van der Waals surface area (Å²) in [4.78, 5) is 4.33. The van der Waals surface area contributed by atoms with Crippen molar-refractivity contribution >= 4 is 5.96 Å². The van der Waals surface area contributed by atoms with Gasteiger partial charge in [-0.15, -0.1) is 0 Å². The Bertz CT molecular complexity index is 403. The van der Waals surface area contributed by atoms with Gasteiger partial charge >= 0.3 is 0 Å². The molecule has 2 rings (SSSR count). The average Bonchev–Trinajstić information content (AvgIpc) is 3.10. The van der Waals surface area contributed by atoms with Crippen molar-refractivity contribution in [2.45, 2.75) is 58.7 Å². The third kappa shape index (κ3) is 7.12. The molecule has 0 radical (unpaired) electrons. The largest absolute Gasteiger partial charge is 0.379 e. The van der Waals surface area contributed by atoms with Crippen LogP contribution in [0.2, 0.25) is 0 Å². The van der Waals surface area contributed by atoms with Crippen molar-refractivity contribution in [1.82, 2.24) is 10.6 Å². The molecule has 0 aliphatic carbocycles. The Morgan fingerprint density at radius 2 is 2.04 bits per heavy atom. The summed E-state index contributed by atoms with van der Waals surface area (Å²) in [6, 6.07) is 0. The smallest absolute Gasteiger partial charge is 0.190 e. The summed E-state index contributed by atoms with van der Waals surface area (Å²) in [7, 11) is 1.82. The van der Waals surface area contributed by atoms with Crippen molar-refractivity contribution in [3.63, 3.8) is 0 Å². The highest BCUT2D eigenvalue weighted by Gasteiger charge is 2.35. The molecule has 0 amide bonds. The molecule has 6 heteroatoms. The highest BCUT2D eigenvalue weighted by Crippen LogP contribution is 2.33. The Morgan fingerprint density at radius 3 is 2.72 bits per heavy atom. The molecule has 0 aromatic heterocycles. The van der Waals surface area contributed by atoms with Crippen LogP contribution in [0.1, 0.15) is 46.5 Å². The number of ether oxygens (including phenoxy) is 3. The number of rotatable bonds is 7. The van der Waals surface area contributed by atoms with E-state index < -0.39 is 0 Å². The second kappa shape index (κ2) is 10.3. The normalized spacial score (nSPS) is 28.2. The maximum atomic E-state index is 6.06. The van der Waals surface area contributed by atoms with E-state index in [9.17, 15) is 0 Å². The molecule has 2 aliphatic heterocycles. The Kier molecular flexibility index (Phi) is 8.46. The molecule has 0 spiro atoms. The third-order valence-corrected chi connectivity index (χ3v) is 4.91. The lowest BCUT2D eigenvalue weighted by Crippen LogP contribution is -2.47. The second-order valence-electron chi connectivity index (χ2n) is 8.15. The van der Waals surface area contributed by atoms with Gasteiger partial charge in [0.05, 0.1) is 18.8 Å². The standard InChI is InChI=1S/C19H37N3O3/c1-19(2,3)17-15(7-5-10-25-17)13-22-18(20-4)21-9-6-11-24-16-8-12-23-14-16/h15-17H,5-14H2,1-4H3,(H2,20,21,22). The quantitative estimate of drug-likeness (QED) is 0.416. The van der Waals surface area contributed by atoms with Gasteiger partial charge in [0, 0.05) is 45.9 Å². The van der Waals surface area contributed by atoms with Crippen LogP contribution in [0, 0.1) is 11.3 Å². The van der Waals surface area contributed by atoms with Gasteiger partial charge in [-0.2, -0.15) is 0 Å². The zero-order valence-corrected chi connectivity index (χ0v) is 16.5. The van der Waals surface area contributed by atoms with Crippen molar-refractivity contribution in [2.75, 3.05) is 46.6 Å². The van der Waals surface area contributed by atoms with Gasteiger partial charge in [-0.1, -0.05) is 20.8 Å². The van der Waals surface area contributed by atoms with Crippen LogP contribution >= 0.6 is 0 Å². The van der Waals surface area contributed by atoms with Gasteiger partial charge in [0.25, 0.3) is 0 Å². The average molecular weight is 356 g/mol. The Labute approximate surface area is 153 Å².